The van der Waals surface area contributed by atoms with Crippen LogP contribution in [0.1, 0.15) is 22.3 Å². The van der Waals surface area contributed by atoms with Crippen LogP contribution in [0.2, 0.25) is 0 Å². The molecule has 1 aromatic carbocycles. The molecule has 0 saturated carbocycles. The van der Waals surface area contributed by atoms with E-state index in [-0.39, 0.29) is 5.78 Å². The van der Waals surface area contributed by atoms with Crippen LogP contribution in [0.4, 0.5) is 0 Å². The van der Waals surface area contributed by atoms with E-state index in [2.05, 4.69) is 0 Å². The predicted octanol–water partition coefficient (Wildman–Crippen LogP) is 2.00. The van der Waals surface area contributed by atoms with Gasteiger partial charge in [0.2, 0.25) is 5.91 Å². The van der Waals surface area contributed by atoms with Gasteiger partial charge in [-0.25, -0.2) is 0 Å². The summed E-state index contributed by atoms with van der Waals surface area (Å²) in [4.78, 5) is 23.4. The molecule has 2 N–H and O–H groups in total. The van der Waals surface area contributed by atoms with Gasteiger partial charge in [0.25, 0.3) is 0 Å². The molecule has 0 aromatic heterocycles. The SMILES string of the molecule is NC(=O)C1C(=O)c2ccccc2C1=CCCCl. The number of halogens is 1. The van der Waals surface area contributed by atoms with E-state index in [9.17, 15) is 9.59 Å². The van der Waals surface area contributed by atoms with Crippen LogP contribution >= 0.6 is 11.6 Å². The molecule has 1 aliphatic rings. The highest BCUT2D eigenvalue weighted by Crippen LogP contribution is 2.37. The normalized spacial score (nSPS) is 20.6. The molecule has 0 heterocycles. The molecule has 1 unspecified atom stereocenters. The number of allylic oxidation sites excluding steroid dienone is 1. The average molecular weight is 250 g/mol. The lowest BCUT2D eigenvalue weighted by Crippen LogP contribution is -2.27. The molecule has 4 heteroatoms. The molecule has 0 bridgehead atoms. The maximum atomic E-state index is 12.0. The number of nitrogens with two attached hydrogens (primary N) is 1. The molecule has 1 atom stereocenters. The fourth-order valence-corrected chi connectivity index (χ4v) is 2.23. The first-order valence-electron chi connectivity index (χ1n) is 5.35. The topological polar surface area (TPSA) is 60.2 Å². The van der Waals surface area contributed by atoms with Gasteiger partial charge in [-0.15, -0.1) is 11.6 Å². The van der Waals surface area contributed by atoms with E-state index >= 15 is 0 Å². The Hall–Kier alpha value is -1.61. The number of ketones is 1. The Morgan fingerprint density at radius 2 is 2.00 bits per heavy atom. The van der Waals surface area contributed by atoms with Crippen molar-refractivity contribution in [2.75, 3.05) is 5.88 Å². The van der Waals surface area contributed by atoms with E-state index in [1.165, 1.54) is 0 Å². The highest BCUT2D eigenvalue weighted by molar-refractivity contribution is 6.24. The number of hydrogen-bond acceptors (Lipinski definition) is 2. The Bertz CT molecular complexity index is 508. The summed E-state index contributed by atoms with van der Waals surface area (Å²) in [5, 5.41) is 0. The van der Waals surface area contributed by atoms with Gasteiger partial charge in [0.1, 0.15) is 5.92 Å². The van der Waals surface area contributed by atoms with Crippen molar-refractivity contribution >= 4 is 28.9 Å². The van der Waals surface area contributed by atoms with Gasteiger partial charge in [-0.1, -0.05) is 30.3 Å². The third-order valence-electron chi connectivity index (χ3n) is 2.83. The molecule has 17 heavy (non-hydrogen) atoms. The number of primary amides is 1. The van der Waals surface area contributed by atoms with Gasteiger partial charge in [-0.3, -0.25) is 9.59 Å². The molecule has 1 aliphatic carbocycles. The smallest absolute Gasteiger partial charge is 0.232 e. The molecular formula is C13H12ClNO2. The number of fused-ring (bicyclic) bond motifs is 1. The minimum absolute atomic E-state index is 0.214. The van der Waals surface area contributed by atoms with E-state index in [0.717, 1.165) is 5.56 Å². The fourth-order valence-electron chi connectivity index (χ4n) is 2.12. The largest absolute Gasteiger partial charge is 0.369 e. The van der Waals surface area contributed by atoms with E-state index in [0.29, 0.717) is 23.4 Å². The maximum Gasteiger partial charge on any atom is 0.232 e. The monoisotopic (exact) mass is 249 g/mol. The minimum atomic E-state index is -0.851. The third-order valence-corrected chi connectivity index (χ3v) is 3.05. The average Bonchev–Trinajstić information content (AvgIpc) is 2.60. The number of hydrogen-bond donors (Lipinski definition) is 1. The molecule has 1 amide bonds. The van der Waals surface area contributed by atoms with E-state index in [1.807, 2.05) is 18.2 Å². The van der Waals surface area contributed by atoms with E-state index < -0.39 is 11.8 Å². The summed E-state index contributed by atoms with van der Waals surface area (Å²) in [6.45, 7) is 0. The van der Waals surface area contributed by atoms with Gasteiger partial charge in [-0.05, 0) is 17.6 Å². The van der Waals surface area contributed by atoms with Crippen molar-refractivity contribution in [2.24, 2.45) is 11.7 Å². The van der Waals surface area contributed by atoms with Gasteiger partial charge >= 0.3 is 0 Å². The van der Waals surface area contributed by atoms with Crippen molar-refractivity contribution < 1.29 is 9.59 Å². The van der Waals surface area contributed by atoms with Gasteiger partial charge in [0.15, 0.2) is 5.78 Å². The second-order valence-electron chi connectivity index (χ2n) is 3.88. The van der Waals surface area contributed by atoms with Crippen LogP contribution in [-0.4, -0.2) is 17.6 Å². The van der Waals surface area contributed by atoms with Crippen molar-refractivity contribution in [3.63, 3.8) is 0 Å². The lowest BCUT2D eigenvalue weighted by molar-refractivity contribution is -0.118. The van der Waals surface area contributed by atoms with Gasteiger partial charge < -0.3 is 5.73 Å². The van der Waals surface area contributed by atoms with Crippen LogP contribution in [0.15, 0.2) is 30.3 Å². The molecule has 0 aliphatic heterocycles. The number of amides is 1. The second-order valence-corrected chi connectivity index (χ2v) is 4.26. The first kappa shape index (κ1) is 11.9. The molecule has 0 saturated heterocycles. The maximum absolute atomic E-state index is 12.0. The number of rotatable bonds is 3. The van der Waals surface area contributed by atoms with E-state index in [4.69, 9.17) is 17.3 Å². The zero-order valence-electron chi connectivity index (χ0n) is 9.15. The minimum Gasteiger partial charge on any atom is -0.369 e. The quantitative estimate of drug-likeness (QED) is 0.658. The zero-order valence-corrected chi connectivity index (χ0v) is 9.91. The molecule has 0 fully saturated rings. The third kappa shape index (κ3) is 1.98. The standard InChI is InChI=1S/C13H12ClNO2/c14-7-3-6-9-8-4-1-2-5-10(8)12(16)11(9)13(15)17/h1-2,4-6,11H,3,7H2,(H2,15,17). The number of alkyl halides is 1. The van der Waals surface area contributed by atoms with Crippen LogP contribution in [0.25, 0.3) is 5.57 Å². The summed E-state index contributed by atoms with van der Waals surface area (Å²) in [6, 6.07) is 7.16. The first-order chi connectivity index (χ1) is 8.16. The Morgan fingerprint density at radius 1 is 1.35 bits per heavy atom. The number of carbonyl (C=O) groups excluding carboxylic acids is 2. The van der Waals surface area contributed by atoms with Crippen LogP contribution < -0.4 is 5.73 Å². The van der Waals surface area contributed by atoms with Crippen LogP contribution in [0, 0.1) is 5.92 Å². The number of benzene rings is 1. The number of Topliss-reactive ketones (excluding diaryl/α,β-unsaturated/α-hetero) is 1. The Balaban J connectivity index is 2.53. The predicted molar refractivity (Wildman–Crippen MR) is 66.8 cm³/mol. The molecular weight excluding hydrogens is 238 g/mol. The summed E-state index contributed by atoms with van der Waals surface area (Å²) >= 11 is 5.63. The van der Waals surface area contributed by atoms with Crippen molar-refractivity contribution in [2.45, 2.75) is 6.42 Å². The summed E-state index contributed by atoms with van der Waals surface area (Å²) in [6.07, 6.45) is 2.44. The van der Waals surface area contributed by atoms with E-state index in [1.54, 1.807) is 12.1 Å². The Labute approximate surface area is 104 Å². The van der Waals surface area contributed by atoms with Crippen molar-refractivity contribution in [1.82, 2.24) is 0 Å². The van der Waals surface area contributed by atoms with Crippen LogP contribution in [-0.2, 0) is 4.79 Å². The van der Waals surface area contributed by atoms with Crippen molar-refractivity contribution in [1.29, 1.82) is 0 Å². The Morgan fingerprint density at radius 3 is 2.59 bits per heavy atom. The molecule has 0 spiro atoms. The molecule has 0 radical (unpaired) electrons. The fraction of sp³-hybridized carbons (Fsp3) is 0.231. The molecule has 3 nitrogen and oxygen atoms in total. The lowest BCUT2D eigenvalue weighted by atomic mass is 9.97. The Kier molecular flexibility index (Phi) is 3.29. The number of carbonyl (C=O) groups is 2. The highest BCUT2D eigenvalue weighted by atomic mass is 35.5. The van der Waals surface area contributed by atoms with Crippen LogP contribution in [0.3, 0.4) is 0 Å². The molecule has 1 aromatic rings. The van der Waals surface area contributed by atoms with Crippen molar-refractivity contribution in [3.05, 3.63) is 41.5 Å². The van der Waals surface area contributed by atoms with Gasteiger partial charge in [0, 0.05) is 11.4 Å². The molecule has 88 valence electrons. The molecule has 2 rings (SSSR count). The zero-order chi connectivity index (χ0) is 12.4. The summed E-state index contributed by atoms with van der Waals surface area (Å²) in [5.41, 5.74) is 7.35. The highest BCUT2D eigenvalue weighted by Gasteiger charge is 2.38. The van der Waals surface area contributed by atoms with Crippen molar-refractivity contribution in [3.8, 4) is 0 Å². The van der Waals surface area contributed by atoms with Crippen LogP contribution in [0.5, 0.6) is 0 Å². The van der Waals surface area contributed by atoms with Gasteiger partial charge in [0.05, 0.1) is 0 Å². The summed E-state index contributed by atoms with van der Waals surface area (Å²) in [5.74, 6) is -1.22. The van der Waals surface area contributed by atoms with Gasteiger partial charge in [-0.2, -0.15) is 0 Å². The second kappa shape index (κ2) is 4.72. The summed E-state index contributed by atoms with van der Waals surface area (Å²) < 4.78 is 0. The lowest BCUT2D eigenvalue weighted by Gasteiger charge is -2.06. The summed E-state index contributed by atoms with van der Waals surface area (Å²) in [7, 11) is 0. The first-order valence-corrected chi connectivity index (χ1v) is 5.89.